The molecular weight excluding hydrogens is 256 g/mol. The van der Waals surface area contributed by atoms with Crippen LogP contribution < -0.4 is 5.32 Å². The summed E-state index contributed by atoms with van der Waals surface area (Å²) in [7, 11) is 0. The van der Waals surface area contributed by atoms with Gasteiger partial charge in [0.25, 0.3) is 5.91 Å². The molecule has 1 atom stereocenters. The lowest BCUT2D eigenvalue weighted by atomic mass is 10.1. The Hall–Kier alpha value is -2.21. The van der Waals surface area contributed by atoms with Crippen molar-refractivity contribution in [1.82, 2.24) is 20.1 Å². The van der Waals surface area contributed by atoms with E-state index in [1.165, 1.54) is 0 Å². The van der Waals surface area contributed by atoms with Crippen LogP contribution in [0.3, 0.4) is 0 Å². The minimum absolute atomic E-state index is 0.0392. The fourth-order valence-electron chi connectivity index (χ4n) is 1.88. The smallest absolute Gasteiger partial charge is 0.270 e. The Morgan fingerprint density at radius 2 is 2.30 bits per heavy atom. The summed E-state index contributed by atoms with van der Waals surface area (Å²) in [4.78, 5) is 16.4. The number of aliphatic hydroxyl groups is 1. The van der Waals surface area contributed by atoms with Gasteiger partial charge in [-0.15, -0.1) is 0 Å². The molecule has 6 nitrogen and oxygen atoms in total. The maximum atomic E-state index is 12.1. The Kier molecular flexibility index (Phi) is 4.84. The van der Waals surface area contributed by atoms with Gasteiger partial charge >= 0.3 is 0 Å². The van der Waals surface area contributed by atoms with Crippen LogP contribution in [0.15, 0.2) is 36.7 Å². The molecule has 0 aliphatic heterocycles. The van der Waals surface area contributed by atoms with Crippen LogP contribution in [-0.2, 0) is 0 Å². The number of pyridine rings is 1. The van der Waals surface area contributed by atoms with Gasteiger partial charge < -0.3 is 10.4 Å². The van der Waals surface area contributed by atoms with E-state index in [0.717, 1.165) is 6.42 Å². The zero-order valence-electron chi connectivity index (χ0n) is 11.4. The summed E-state index contributed by atoms with van der Waals surface area (Å²) in [6, 6.07) is 6.97. The van der Waals surface area contributed by atoms with E-state index in [-0.39, 0.29) is 18.6 Å². The Morgan fingerprint density at radius 1 is 1.45 bits per heavy atom. The summed E-state index contributed by atoms with van der Waals surface area (Å²) < 4.78 is 1.60. The highest BCUT2D eigenvalue weighted by molar-refractivity contribution is 5.92. The molecule has 0 bridgehead atoms. The molecule has 2 rings (SSSR count). The summed E-state index contributed by atoms with van der Waals surface area (Å²) in [5, 5.41) is 15.9. The standard InChI is InChI=1S/C14H18N4O2/c1-2-11(7-10-19)16-14(20)12-5-3-6-13(17-12)18-9-4-8-15-18/h3-6,8-9,11,19H,2,7,10H2,1H3,(H,16,20). The van der Waals surface area contributed by atoms with Crippen LogP contribution in [0.4, 0.5) is 0 Å². The van der Waals surface area contributed by atoms with Gasteiger partial charge in [0.2, 0.25) is 0 Å². The topological polar surface area (TPSA) is 80.0 Å². The molecule has 1 unspecified atom stereocenters. The lowest BCUT2D eigenvalue weighted by Gasteiger charge is -2.15. The van der Waals surface area contributed by atoms with Crippen LogP contribution in [0, 0.1) is 0 Å². The van der Waals surface area contributed by atoms with Gasteiger partial charge in [-0.05, 0) is 31.0 Å². The number of hydrogen-bond donors (Lipinski definition) is 2. The zero-order valence-corrected chi connectivity index (χ0v) is 11.4. The van der Waals surface area contributed by atoms with E-state index in [2.05, 4.69) is 15.4 Å². The Bertz CT molecular complexity index is 554. The highest BCUT2D eigenvalue weighted by atomic mass is 16.3. The molecule has 0 radical (unpaired) electrons. The molecule has 0 fully saturated rings. The Labute approximate surface area is 117 Å². The lowest BCUT2D eigenvalue weighted by Crippen LogP contribution is -2.35. The van der Waals surface area contributed by atoms with Crippen molar-refractivity contribution in [3.05, 3.63) is 42.4 Å². The normalized spacial score (nSPS) is 12.1. The molecule has 20 heavy (non-hydrogen) atoms. The molecule has 2 N–H and O–H groups in total. The number of rotatable bonds is 6. The largest absolute Gasteiger partial charge is 0.396 e. The lowest BCUT2D eigenvalue weighted by molar-refractivity contribution is 0.0924. The average Bonchev–Trinajstić information content (AvgIpc) is 3.01. The second-order valence-electron chi connectivity index (χ2n) is 4.42. The van der Waals surface area contributed by atoms with Crippen LogP contribution in [-0.4, -0.2) is 38.4 Å². The average molecular weight is 274 g/mol. The predicted molar refractivity (Wildman–Crippen MR) is 74.6 cm³/mol. The molecule has 2 heterocycles. The van der Waals surface area contributed by atoms with Gasteiger partial charge in [0.15, 0.2) is 5.82 Å². The van der Waals surface area contributed by atoms with Crippen molar-refractivity contribution in [1.29, 1.82) is 0 Å². The molecule has 1 amide bonds. The molecule has 0 aromatic carbocycles. The fourth-order valence-corrected chi connectivity index (χ4v) is 1.88. The molecule has 0 aliphatic carbocycles. The first-order chi connectivity index (χ1) is 9.74. The van der Waals surface area contributed by atoms with Crippen molar-refractivity contribution < 1.29 is 9.90 Å². The molecule has 0 saturated carbocycles. The van der Waals surface area contributed by atoms with Crippen molar-refractivity contribution in [2.75, 3.05) is 6.61 Å². The fraction of sp³-hybridized carbons (Fsp3) is 0.357. The molecule has 0 aliphatic rings. The first kappa shape index (κ1) is 14.2. The molecule has 0 saturated heterocycles. The van der Waals surface area contributed by atoms with Gasteiger partial charge in [0.05, 0.1) is 0 Å². The SMILES string of the molecule is CCC(CCO)NC(=O)c1cccc(-n2cccn2)n1. The highest BCUT2D eigenvalue weighted by Crippen LogP contribution is 2.06. The van der Waals surface area contributed by atoms with E-state index in [0.29, 0.717) is 17.9 Å². The van der Waals surface area contributed by atoms with Crippen molar-refractivity contribution in [2.45, 2.75) is 25.8 Å². The second kappa shape index (κ2) is 6.81. The summed E-state index contributed by atoms with van der Waals surface area (Å²) in [6.07, 6.45) is 4.74. The van der Waals surface area contributed by atoms with Gasteiger partial charge in [-0.2, -0.15) is 5.10 Å². The van der Waals surface area contributed by atoms with E-state index < -0.39 is 0 Å². The van der Waals surface area contributed by atoms with E-state index in [1.807, 2.05) is 6.92 Å². The van der Waals surface area contributed by atoms with Crippen molar-refractivity contribution >= 4 is 5.91 Å². The summed E-state index contributed by atoms with van der Waals surface area (Å²) in [6.45, 7) is 2.02. The minimum atomic E-state index is -0.237. The summed E-state index contributed by atoms with van der Waals surface area (Å²) in [5.41, 5.74) is 0.342. The molecular formula is C14H18N4O2. The van der Waals surface area contributed by atoms with Gasteiger partial charge in [0, 0.05) is 25.0 Å². The van der Waals surface area contributed by atoms with Crippen molar-refractivity contribution in [3.63, 3.8) is 0 Å². The van der Waals surface area contributed by atoms with E-state index in [9.17, 15) is 4.79 Å². The van der Waals surface area contributed by atoms with E-state index in [4.69, 9.17) is 5.11 Å². The molecule has 6 heteroatoms. The number of hydrogen-bond acceptors (Lipinski definition) is 4. The van der Waals surface area contributed by atoms with Crippen molar-refractivity contribution in [2.24, 2.45) is 0 Å². The molecule has 106 valence electrons. The summed E-state index contributed by atoms with van der Waals surface area (Å²) >= 11 is 0. The third kappa shape index (κ3) is 3.42. The Morgan fingerprint density at radius 3 is 2.95 bits per heavy atom. The highest BCUT2D eigenvalue weighted by Gasteiger charge is 2.13. The quantitative estimate of drug-likeness (QED) is 0.828. The maximum Gasteiger partial charge on any atom is 0.270 e. The monoisotopic (exact) mass is 274 g/mol. The first-order valence-corrected chi connectivity index (χ1v) is 6.63. The molecule has 0 spiro atoms. The summed E-state index contributed by atoms with van der Waals surface area (Å²) in [5.74, 6) is 0.358. The first-order valence-electron chi connectivity index (χ1n) is 6.63. The predicted octanol–water partition coefficient (Wildman–Crippen LogP) is 1.16. The van der Waals surface area contributed by atoms with Crippen LogP contribution in [0.5, 0.6) is 0 Å². The number of aromatic nitrogens is 3. The maximum absolute atomic E-state index is 12.1. The van der Waals surface area contributed by atoms with Crippen LogP contribution >= 0.6 is 0 Å². The van der Waals surface area contributed by atoms with Gasteiger partial charge in [0.1, 0.15) is 5.69 Å². The zero-order chi connectivity index (χ0) is 14.4. The Balaban J connectivity index is 2.12. The van der Waals surface area contributed by atoms with Crippen LogP contribution in [0.1, 0.15) is 30.3 Å². The number of aliphatic hydroxyl groups excluding tert-OH is 1. The third-order valence-electron chi connectivity index (χ3n) is 3.01. The molecule has 2 aromatic heterocycles. The van der Waals surface area contributed by atoms with E-state index >= 15 is 0 Å². The second-order valence-corrected chi connectivity index (χ2v) is 4.42. The van der Waals surface area contributed by atoms with Crippen molar-refractivity contribution in [3.8, 4) is 5.82 Å². The number of carbonyl (C=O) groups is 1. The number of amides is 1. The number of carbonyl (C=O) groups excluding carboxylic acids is 1. The van der Waals surface area contributed by atoms with Gasteiger partial charge in [-0.3, -0.25) is 4.79 Å². The number of nitrogens with one attached hydrogen (secondary N) is 1. The third-order valence-corrected chi connectivity index (χ3v) is 3.01. The van der Waals surface area contributed by atoms with Crippen LogP contribution in [0.25, 0.3) is 5.82 Å². The van der Waals surface area contributed by atoms with Gasteiger partial charge in [-0.25, -0.2) is 9.67 Å². The van der Waals surface area contributed by atoms with Gasteiger partial charge in [-0.1, -0.05) is 13.0 Å². The minimum Gasteiger partial charge on any atom is -0.396 e. The molecule has 2 aromatic rings. The van der Waals surface area contributed by atoms with Crippen LogP contribution in [0.2, 0.25) is 0 Å². The number of nitrogens with zero attached hydrogens (tertiary/aromatic N) is 3. The van der Waals surface area contributed by atoms with E-state index in [1.54, 1.807) is 41.3 Å².